The summed E-state index contributed by atoms with van der Waals surface area (Å²) in [7, 11) is 0. The van der Waals surface area contributed by atoms with Crippen molar-refractivity contribution in [3.05, 3.63) is 56.7 Å². The van der Waals surface area contributed by atoms with E-state index in [0.29, 0.717) is 30.0 Å². The van der Waals surface area contributed by atoms with E-state index in [2.05, 4.69) is 15.3 Å². The van der Waals surface area contributed by atoms with E-state index >= 15 is 0 Å². The Morgan fingerprint density at radius 2 is 2.19 bits per heavy atom. The molecule has 3 N–H and O–H groups in total. The lowest BCUT2D eigenvalue weighted by Crippen LogP contribution is -2.26. The molecule has 7 heteroatoms. The number of carbonyl (C=O) groups excluding carboxylic acids is 1. The first kappa shape index (κ1) is 15.1. The highest BCUT2D eigenvalue weighted by molar-refractivity contribution is 6.32. The maximum atomic E-state index is 11.9. The summed E-state index contributed by atoms with van der Waals surface area (Å²) in [6, 6.07) is 5.62. The molecule has 0 spiro atoms. The molecule has 6 nitrogen and oxygen atoms in total. The maximum Gasteiger partial charge on any atom is 0.251 e. The number of nitrogens with one attached hydrogen (secondary N) is 2. The van der Waals surface area contributed by atoms with E-state index in [4.69, 9.17) is 11.6 Å². The predicted octanol–water partition coefficient (Wildman–Crippen LogP) is 1.41. The summed E-state index contributed by atoms with van der Waals surface area (Å²) in [5.41, 5.74) is 0.767. The second kappa shape index (κ2) is 6.41. The highest BCUT2D eigenvalue weighted by Gasteiger charge is 2.08. The number of aromatic hydroxyl groups is 1. The van der Waals surface area contributed by atoms with Crippen LogP contribution in [-0.4, -0.2) is 27.5 Å². The van der Waals surface area contributed by atoms with Gasteiger partial charge in [-0.25, -0.2) is 4.98 Å². The molecule has 2 rings (SSSR count). The molecule has 21 heavy (non-hydrogen) atoms. The van der Waals surface area contributed by atoms with E-state index in [1.165, 1.54) is 24.3 Å². The second-order valence-electron chi connectivity index (χ2n) is 4.51. The van der Waals surface area contributed by atoms with Gasteiger partial charge in [-0.1, -0.05) is 11.6 Å². The van der Waals surface area contributed by atoms with E-state index in [1.54, 1.807) is 6.92 Å². The van der Waals surface area contributed by atoms with Crippen LogP contribution in [0.2, 0.25) is 5.02 Å². The van der Waals surface area contributed by atoms with E-state index < -0.39 is 0 Å². The van der Waals surface area contributed by atoms with Crippen molar-refractivity contribution in [3.63, 3.8) is 0 Å². The number of aryl methyl sites for hydroxylation is 1. The van der Waals surface area contributed by atoms with Crippen molar-refractivity contribution in [2.24, 2.45) is 0 Å². The molecule has 0 atom stereocenters. The second-order valence-corrected chi connectivity index (χ2v) is 4.91. The number of aromatic amines is 1. The van der Waals surface area contributed by atoms with Gasteiger partial charge in [-0.05, 0) is 25.1 Å². The number of H-pyrrole nitrogens is 1. The lowest BCUT2D eigenvalue weighted by atomic mass is 10.2. The van der Waals surface area contributed by atoms with E-state index in [0.717, 1.165) is 0 Å². The van der Waals surface area contributed by atoms with Gasteiger partial charge >= 0.3 is 0 Å². The molecule has 0 bridgehead atoms. The fourth-order valence-corrected chi connectivity index (χ4v) is 1.98. The van der Waals surface area contributed by atoms with Gasteiger partial charge in [0, 0.05) is 30.3 Å². The van der Waals surface area contributed by atoms with Crippen molar-refractivity contribution in [2.75, 3.05) is 6.54 Å². The molecule has 0 unspecified atom stereocenters. The third-order valence-electron chi connectivity index (χ3n) is 2.78. The van der Waals surface area contributed by atoms with Crippen molar-refractivity contribution in [1.29, 1.82) is 0 Å². The Morgan fingerprint density at radius 3 is 2.86 bits per heavy atom. The van der Waals surface area contributed by atoms with Gasteiger partial charge in [-0.2, -0.15) is 0 Å². The monoisotopic (exact) mass is 307 g/mol. The molecule has 0 fully saturated rings. The number of rotatable bonds is 4. The van der Waals surface area contributed by atoms with Gasteiger partial charge in [0.1, 0.15) is 11.6 Å². The maximum absolute atomic E-state index is 11.9. The van der Waals surface area contributed by atoms with Crippen molar-refractivity contribution >= 4 is 17.5 Å². The Balaban J connectivity index is 1.95. The van der Waals surface area contributed by atoms with Crippen LogP contribution in [-0.2, 0) is 6.42 Å². The molecule has 0 radical (unpaired) electrons. The average molecular weight is 308 g/mol. The quantitative estimate of drug-likeness (QED) is 0.796. The summed E-state index contributed by atoms with van der Waals surface area (Å²) in [5.74, 6) is 0.130. The molecule has 2 aromatic rings. The van der Waals surface area contributed by atoms with Crippen LogP contribution in [0.15, 0.2) is 29.1 Å². The fraction of sp³-hybridized carbons (Fsp3) is 0.214. The van der Waals surface area contributed by atoms with Gasteiger partial charge in [0.2, 0.25) is 0 Å². The van der Waals surface area contributed by atoms with Crippen LogP contribution in [0.3, 0.4) is 0 Å². The molecular weight excluding hydrogens is 294 g/mol. The number of halogens is 1. The molecule has 1 amide bonds. The number of benzene rings is 1. The standard InChI is InChI=1S/C14H14ClN3O3/c1-8-6-13(20)18-12(17-8)4-5-16-14(21)9-2-3-11(19)10(15)7-9/h2-3,6-7,19H,4-5H2,1H3,(H,16,21)(H,17,18,20). The van der Waals surface area contributed by atoms with Gasteiger partial charge in [0.25, 0.3) is 11.5 Å². The first-order valence-corrected chi connectivity index (χ1v) is 6.67. The Morgan fingerprint density at radius 1 is 1.43 bits per heavy atom. The number of phenolic OH excluding ortho intramolecular Hbond substituents is 1. The van der Waals surface area contributed by atoms with Crippen molar-refractivity contribution < 1.29 is 9.90 Å². The summed E-state index contributed by atoms with van der Waals surface area (Å²) in [6.45, 7) is 2.06. The number of aromatic nitrogens is 2. The third-order valence-corrected chi connectivity index (χ3v) is 3.08. The van der Waals surface area contributed by atoms with Gasteiger partial charge in [0.05, 0.1) is 5.02 Å². The van der Waals surface area contributed by atoms with Crippen molar-refractivity contribution in [1.82, 2.24) is 15.3 Å². The summed E-state index contributed by atoms with van der Waals surface area (Å²) >= 11 is 5.74. The summed E-state index contributed by atoms with van der Waals surface area (Å²) in [6.07, 6.45) is 0.411. The topological polar surface area (TPSA) is 95.1 Å². The molecule has 0 aliphatic heterocycles. The molecule has 0 aliphatic carbocycles. The largest absolute Gasteiger partial charge is 0.506 e. The smallest absolute Gasteiger partial charge is 0.251 e. The van der Waals surface area contributed by atoms with Crippen LogP contribution in [0, 0.1) is 6.92 Å². The van der Waals surface area contributed by atoms with Crippen LogP contribution in [0.5, 0.6) is 5.75 Å². The first-order chi connectivity index (χ1) is 9.95. The van der Waals surface area contributed by atoms with Crippen LogP contribution in [0.1, 0.15) is 21.9 Å². The summed E-state index contributed by atoms with van der Waals surface area (Å²) in [4.78, 5) is 29.9. The molecule has 0 saturated heterocycles. The van der Waals surface area contributed by atoms with E-state index in [9.17, 15) is 14.7 Å². The highest BCUT2D eigenvalue weighted by Crippen LogP contribution is 2.23. The zero-order valence-electron chi connectivity index (χ0n) is 11.3. The lowest BCUT2D eigenvalue weighted by Gasteiger charge is -2.06. The first-order valence-electron chi connectivity index (χ1n) is 6.29. The average Bonchev–Trinajstić information content (AvgIpc) is 2.40. The SMILES string of the molecule is Cc1cc(=O)[nH]c(CCNC(=O)c2ccc(O)c(Cl)c2)n1. The minimum Gasteiger partial charge on any atom is -0.506 e. The van der Waals surface area contributed by atoms with Crippen LogP contribution < -0.4 is 10.9 Å². The van der Waals surface area contributed by atoms with Crippen LogP contribution in [0.25, 0.3) is 0 Å². The van der Waals surface area contributed by atoms with E-state index in [1.807, 2.05) is 0 Å². The number of hydrogen-bond donors (Lipinski definition) is 3. The normalized spacial score (nSPS) is 10.4. The third kappa shape index (κ3) is 4.06. The molecule has 0 aliphatic rings. The molecule has 1 heterocycles. The Kier molecular flexibility index (Phi) is 4.59. The summed E-state index contributed by atoms with van der Waals surface area (Å²) in [5, 5.41) is 12.1. The predicted molar refractivity (Wildman–Crippen MR) is 78.7 cm³/mol. The Hall–Kier alpha value is -2.34. The van der Waals surface area contributed by atoms with Gasteiger partial charge in [-0.15, -0.1) is 0 Å². The van der Waals surface area contributed by atoms with Gasteiger partial charge in [-0.3, -0.25) is 9.59 Å². The minimum absolute atomic E-state index is 0.0743. The fourth-order valence-electron chi connectivity index (χ4n) is 1.80. The zero-order valence-corrected chi connectivity index (χ0v) is 12.1. The van der Waals surface area contributed by atoms with Gasteiger partial charge < -0.3 is 15.4 Å². The number of nitrogens with zero attached hydrogens (tertiary/aromatic N) is 1. The highest BCUT2D eigenvalue weighted by atomic mass is 35.5. The van der Waals surface area contributed by atoms with Crippen LogP contribution >= 0.6 is 11.6 Å². The lowest BCUT2D eigenvalue weighted by molar-refractivity contribution is 0.0954. The number of phenols is 1. The molecule has 110 valence electrons. The van der Waals surface area contributed by atoms with Crippen molar-refractivity contribution in [2.45, 2.75) is 13.3 Å². The molecule has 0 saturated carbocycles. The molecule has 1 aromatic carbocycles. The zero-order chi connectivity index (χ0) is 15.4. The summed E-state index contributed by atoms with van der Waals surface area (Å²) < 4.78 is 0. The molecule has 1 aromatic heterocycles. The number of carbonyl (C=O) groups is 1. The van der Waals surface area contributed by atoms with E-state index in [-0.39, 0.29) is 22.2 Å². The Bertz CT molecular complexity index is 728. The van der Waals surface area contributed by atoms with Crippen LogP contribution in [0.4, 0.5) is 0 Å². The molecular formula is C14H14ClN3O3. The minimum atomic E-state index is -0.313. The van der Waals surface area contributed by atoms with Gasteiger partial charge in [0.15, 0.2) is 0 Å². The number of hydrogen-bond acceptors (Lipinski definition) is 4. The van der Waals surface area contributed by atoms with Crippen molar-refractivity contribution in [3.8, 4) is 5.75 Å². The number of amides is 1. The Labute approximate surface area is 125 Å².